The minimum atomic E-state index is -5.19. The van der Waals surface area contributed by atoms with Crippen LogP contribution < -0.4 is 10.8 Å². The summed E-state index contributed by atoms with van der Waals surface area (Å²) >= 11 is 0. The lowest BCUT2D eigenvalue weighted by atomic mass is 10.2. The third-order valence-corrected chi connectivity index (χ3v) is 3.84. The summed E-state index contributed by atoms with van der Waals surface area (Å²) in [4.78, 5) is 32.9. The summed E-state index contributed by atoms with van der Waals surface area (Å²) in [6, 6.07) is 3.52. The first-order valence-corrected chi connectivity index (χ1v) is 9.03. The van der Waals surface area contributed by atoms with Gasteiger partial charge in [0.25, 0.3) is 0 Å². The largest absolute Gasteiger partial charge is 0.542 e. The number of phenols is 6. The predicted octanol–water partition coefficient (Wildman–Crippen LogP) is -1.16. The topological polar surface area (TPSA) is 242 Å². The summed E-state index contributed by atoms with van der Waals surface area (Å²) in [6.45, 7) is -0.423. The molecule has 0 saturated carbocycles. The molecule has 0 aromatic heterocycles. The minimum Gasteiger partial charge on any atom is -0.542 e. The number of ether oxygens (including phenoxy) is 2. The molecular formula is C19H18F3NO12. The number of hydrogen-bond acceptors (Lipinski definition) is 12. The van der Waals surface area contributed by atoms with Crippen LogP contribution in [0.1, 0.15) is 20.7 Å². The molecule has 0 aliphatic carbocycles. The summed E-state index contributed by atoms with van der Waals surface area (Å²) in [7, 11) is 0. The van der Waals surface area contributed by atoms with Crippen molar-refractivity contribution in [1.29, 1.82) is 0 Å². The molecule has 0 amide bonds. The van der Waals surface area contributed by atoms with Crippen LogP contribution in [0.15, 0.2) is 24.3 Å². The van der Waals surface area contributed by atoms with Crippen molar-refractivity contribution in [3.8, 4) is 34.5 Å². The van der Waals surface area contributed by atoms with Crippen LogP contribution in [-0.2, 0) is 14.3 Å². The van der Waals surface area contributed by atoms with E-state index in [1.54, 1.807) is 0 Å². The van der Waals surface area contributed by atoms with Crippen molar-refractivity contribution in [2.75, 3.05) is 13.2 Å². The summed E-state index contributed by atoms with van der Waals surface area (Å²) in [5.74, 6) is -9.44. The van der Waals surface area contributed by atoms with Gasteiger partial charge in [-0.15, -0.1) is 0 Å². The maximum absolute atomic E-state index is 12.1. The van der Waals surface area contributed by atoms with E-state index in [1.807, 2.05) is 0 Å². The number of halogens is 3. The van der Waals surface area contributed by atoms with Crippen LogP contribution in [0.2, 0.25) is 0 Å². The zero-order chi connectivity index (χ0) is 27.1. The van der Waals surface area contributed by atoms with Crippen molar-refractivity contribution in [3.05, 3.63) is 35.4 Å². The molecule has 192 valence electrons. The minimum absolute atomic E-state index is 0.00114. The number of aliphatic carboxylic acids is 1. The number of carboxylic acids is 1. The predicted molar refractivity (Wildman–Crippen MR) is 101 cm³/mol. The van der Waals surface area contributed by atoms with Gasteiger partial charge in [-0.1, -0.05) is 0 Å². The molecule has 16 heteroatoms. The van der Waals surface area contributed by atoms with Gasteiger partial charge in [-0.2, -0.15) is 13.2 Å². The van der Waals surface area contributed by atoms with Gasteiger partial charge in [0.2, 0.25) is 0 Å². The maximum atomic E-state index is 12.1. The molecule has 0 heterocycles. The molecule has 1 unspecified atom stereocenters. The molecule has 0 fully saturated rings. The van der Waals surface area contributed by atoms with Crippen molar-refractivity contribution >= 4 is 17.9 Å². The molecule has 0 aliphatic heterocycles. The molecule has 2 aromatic carbocycles. The van der Waals surface area contributed by atoms with Crippen LogP contribution >= 0.6 is 0 Å². The first-order valence-electron chi connectivity index (χ1n) is 9.03. The Kier molecular flexibility index (Phi) is 9.35. The van der Waals surface area contributed by atoms with E-state index < -0.39 is 71.3 Å². The van der Waals surface area contributed by atoms with E-state index in [9.17, 15) is 53.4 Å². The van der Waals surface area contributed by atoms with Gasteiger partial charge in [-0.05, 0) is 24.3 Å². The smallest absolute Gasteiger partial charge is 0.430 e. The monoisotopic (exact) mass is 509 g/mol. The van der Waals surface area contributed by atoms with Gasteiger partial charge in [0.15, 0.2) is 40.6 Å². The van der Waals surface area contributed by atoms with Crippen molar-refractivity contribution in [2.24, 2.45) is 0 Å². The second-order valence-electron chi connectivity index (χ2n) is 6.43. The fraction of sp³-hybridized carbons (Fsp3) is 0.211. The third kappa shape index (κ3) is 8.04. The Morgan fingerprint density at radius 3 is 1.49 bits per heavy atom. The number of hydrogen-bond donors (Lipinski definition) is 7. The Labute approximate surface area is 192 Å². The second-order valence-corrected chi connectivity index (χ2v) is 6.43. The van der Waals surface area contributed by atoms with Crippen molar-refractivity contribution < 1.29 is 78.5 Å². The van der Waals surface area contributed by atoms with Crippen LogP contribution in [0.25, 0.3) is 0 Å². The Bertz CT molecular complexity index is 1060. The quantitative estimate of drug-likeness (QED) is 0.180. The van der Waals surface area contributed by atoms with Gasteiger partial charge in [0.1, 0.15) is 19.1 Å². The van der Waals surface area contributed by atoms with E-state index in [0.717, 1.165) is 24.3 Å². The van der Waals surface area contributed by atoms with Crippen molar-refractivity contribution in [1.82, 2.24) is 0 Å². The molecule has 0 spiro atoms. The van der Waals surface area contributed by atoms with Crippen LogP contribution in [0.5, 0.6) is 34.5 Å². The second kappa shape index (κ2) is 11.5. The summed E-state index contributed by atoms with van der Waals surface area (Å²) in [5, 5.41) is 65.0. The Morgan fingerprint density at radius 1 is 0.829 bits per heavy atom. The standard InChI is InChI=1S/C17H17NO10.C2HF3O2/c18-5-9(28-17(26)8-3-12(21)15(24)13(22)4-8)6-27-16(25)7-1-10(19)14(23)11(20)2-7;3-2(4,5)1(6)7/h1-4,9,19-24H,5-6,18H2;(H,6,7). The Morgan fingerprint density at radius 2 is 1.17 bits per heavy atom. The lowest BCUT2D eigenvalue weighted by Gasteiger charge is -2.15. The number of alkyl halides is 3. The van der Waals surface area contributed by atoms with Gasteiger partial charge in [0.05, 0.1) is 11.1 Å². The lowest BCUT2D eigenvalue weighted by Crippen LogP contribution is -2.57. The van der Waals surface area contributed by atoms with E-state index in [1.165, 1.54) is 0 Å². The molecule has 35 heavy (non-hydrogen) atoms. The number of carbonyl (C=O) groups is 3. The highest BCUT2D eigenvalue weighted by Crippen LogP contribution is 2.36. The number of benzene rings is 2. The zero-order valence-electron chi connectivity index (χ0n) is 17.3. The fourth-order valence-electron chi connectivity index (χ4n) is 2.09. The highest BCUT2D eigenvalue weighted by atomic mass is 19.4. The molecule has 0 radical (unpaired) electrons. The first kappa shape index (κ1) is 28.4. The molecule has 0 saturated heterocycles. The molecule has 0 aliphatic rings. The molecule has 2 aromatic rings. The normalized spacial score (nSPS) is 11.5. The van der Waals surface area contributed by atoms with E-state index in [-0.39, 0.29) is 17.7 Å². The number of carbonyl (C=O) groups excluding carboxylic acids is 3. The highest BCUT2D eigenvalue weighted by Gasteiger charge is 2.29. The number of aromatic hydroxyl groups is 6. The van der Waals surface area contributed by atoms with Crippen molar-refractivity contribution in [3.63, 3.8) is 0 Å². The van der Waals surface area contributed by atoms with Crippen LogP contribution in [0, 0.1) is 0 Å². The van der Waals surface area contributed by atoms with E-state index in [4.69, 9.17) is 19.4 Å². The average molecular weight is 509 g/mol. The fourth-order valence-corrected chi connectivity index (χ4v) is 2.09. The summed E-state index contributed by atoms with van der Waals surface area (Å²) in [5.41, 5.74) is 3.04. The van der Waals surface area contributed by atoms with Gasteiger partial charge in [0, 0.05) is 0 Å². The van der Waals surface area contributed by atoms with E-state index in [2.05, 4.69) is 5.73 Å². The van der Waals surface area contributed by atoms with Gasteiger partial charge in [-0.25, -0.2) is 9.59 Å². The summed E-state index contributed by atoms with van der Waals surface area (Å²) < 4.78 is 41.6. The van der Waals surface area contributed by atoms with Crippen molar-refractivity contribution in [2.45, 2.75) is 12.3 Å². The summed E-state index contributed by atoms with van der Waals surface area (Å²) in [6.07, 6.45) is -6.19. The average Bonchev–Trinajstić information content (AvgIpc) is 2.77. The number of rotatable bonds is 6. The number of phenolic OH excluding ortho intramolecular Hbond substituents is 6. The van der Waals surface area contributed by atoms with Gasteiger partial charge < -0.3 is 55.7 Å². The maximum Gasteiger partial charge on any atom is 0.430 e. The highest BCUT2D eigenvalue weighted by molar-refractivity contribution is 5.92. The SMILES string of the molecule is O=C([O-])C(F)(F)F.[NH3+]CC(COC(=O)c1cc(O)c(O)c(O)c1)OC(=O)c1cc(O)c(O)c(O)c1. The molecule has 1 atom stereocenters. The van der Waals surface area contributed by atoms with E-state index >= 15 is 0 Å². The van der Waals surface area contributed by atoms with Crippen LogP contribution in [0.3, 0.4) is 0 Å². The third-order valence-electron chi connectivity index (χ3n) is 3.84. The van der Waals surface area contributed by atoms with Crippen LogP contribution in [-0.4, -0.2) is 74.0 Å². The van der Waals surface area contributed by atoms with Gasteiger partial charge in [-0.3, -0.25) is 0 Å². The molecule has 13 nitrogen and oxygen atoms in total. The Balaban J connectivity index is 0.000000762. The van der Waals surface area contributed by atoms with Gasteiger partial charge >= 0.3 is 18.1 Å². The zero-order valence-corrected chi connectivity index (χ0v) is 17.3. The Hall–Kier alpha value is -4.60. The molecule has 2 rings (SSSR count). The van der Waals surface area contributed by atoms with E-state index in [0.29, 0.717) is 0 Å². The molecule has 0 bridgehead atoms. The lowest BCUT2D eigenvalue weighted by molar-refractivity contribution is -0.384. The molecular weight excluding hydrogens is 491 g/mol. The molecule has 9 N–H and O–H groups in total. The number of esters is 2. The van der Waals surface area contributed by atoms with Crippen LogP contribution in [0.4, 0.5) is 13.2 Å². The number of carboxylic acid groups (broad SMARTS) is 1. The number of quaternary nitrogens is 1. The first-order chi connectivity index (χ1) is 16.1.